The van der Waals surface area contributed by atoms with Crippen molar-refractivity contribution >= 4 is 51.5 Å². The average molecular weight is 520 g/mol. The lowest BCUT2D eigenvalue weighted by Gasteiger charge is -2.07. The molecule has 0 aliphatic rings. The number of fused-ring (bicyclic) bond motifs is 1. The van der Waals surface area contributed by atoms with Crippen LogP contribution in [0.2, 0.25) is 0 Å². The number of nitro groups is 1. The van der Waals surface area contributed by atoms with Gasteiger partial charge in [-0.3, -0.25) is 29.9 Å². The van der Waals surface area contributed by atoms with Gasteiger partial charge in [-0.1, -0.05) is 6.07 Å². The number of nitrogens with zero attached hydrogens (tertiary/aromatic N) is 1. The third kappa shape index (κ3) is 5.09. The molecule has 14 nitrogen and oxygen atoms in total. The van der Waals surface area contributed by atoms with Gasteiger partial charge in [0.05, 0.1) is 33.0 Å². The molecule has 4 aromatic rings. The minimum absolute atomic E-state index is 0.0383. The number of H-pyrrole nitrogens is 3. The fourth-order valence-corrected chi connectivity index (χ4v) is 3.92. The Morgan fingerprint density at radius 3 is 2.21 bits per heavy atom. The van der Waals surface area contributed by atoms with Crippen LogP contribution in [-0.2, 0) is 0 Å². The topological polar surface area (TPSA) is 228 Å². The number of carbonyl (C=O) groups excluding carboxylic acids is 3. The van der Waals surface area contributed by atoms with Crippen molar-refractivity contribution in [3.8, 4) is 0 Å². The molecular formula is C24H25N9O5. The van der Waals surface area contributed by atoms with Crippen LogP contribution in [0.3, 0.4) is 0 Å². The Balaban J connectivity index is 1.45. The molecule has 196 valence electrons. The Labute approximate surface area is 215 Å². The van der Waals surface area contributed by atoms with Crippen LogP contribution in [0.5, 0.6) is 0 Å². The summed E-state index contributed by atoms with van der Waals surface area (Å²) >= 11 is 0. The van der Waals surface area contributed by atoms with Crippen molar-refractivity contribution in [2.75, 3.05) is 17.2 Å². The number of amides is 3. The van der Waals surface area contributed by atoms with E-state index < -0.39 is 22.6 Å². The molecule has 0 bridgehead atoms. The van der Waals surface area contributed by atoms with E-state index in [0.29, 0.717) is 33.4 Å². The van der Waals surface area contributed by atoms with E-state index in [-0.39, 0.29) is 41.6 Å². The van der Waals surface area contributed by atoms with Gasteiger partial charge < -0.3 is 36.6 Å². The average Bonchev–Trinajstić information content (AvgIpc) is 3.56. The van der Waals surface area contributed by atoms with Crippen LogP contribution in [0.1, 0.15) is 49.0 Å². The first-order valence-electron chi connectivity index (χ1n) is 11.4. The van der Waals surface area contributed by atoms with E-state index in [1.165, 1.54) is 30.6 Å². The van der Waals surface area contributed by atoms with Crippen molar-refractivity contribution in [2.45, 2.75) is 20.3 Å². The molecule has 3 amide bonds. The number of anilines is 2. The van der Waals surface area contributed by atoms with Crippen molar-refractivity contribution in [3.63, 3.8) is 0 Å². The number of nitrogens with one attached hydrogen (secondary N) is 7. The summed E-state index contributed by atoms with van der Waals surface area (Å²) in [5.74, 6) is -1.46. The van der Waals surface area contributed by atoms with Gasteiger partial charge in [-0.25, -0.2) is 0 Å². The van der Waals surface area contributed by atoms with E-state index >= 15 is 0 Å². The number of benzene rings is 1. The Bertz CT molecular complexity index is 1590. The SMILES string of the molecule is Cc1c(NC(=O)c2cc3c([N+](=O)[O-])cccc3[nH]2)c[nH]c1C(=O)Nc1c[nH]c(C(=O)NCCC(=N)N)c1C. The van der Waals surface area contributed by atoms with Gasteiger partial charge in [-0.2, -0.15) is 0 Å². The van der Waals surface area contributed by atoms with Gasteiger partial charge in [-0.05, 0) is 26.0 Å². The lowest BCUT2D eigenvalue weighted by Crippen LogP contribution is -2.28. The summed E-state index contributed by atoms with van der Waals surface area (Å²) < 4.78 is 0. The molecule has 0 aliphatic carbocycles. The number of hydrogen-bond acceptors (Lipinski definition) is 6. The molecule has 0 spiro atoms. The molecule has 0 aliphatic heterocycles. The molecule has 9 N–H and O–H groups in total. The number of hydrogen-bond donors (Lipinski definition) is 8. The minimum atomic E-state index is -0.536. The van der Waals surface area contributed by atoms with Gasteiger partial charge in [0, 0.05) is 42.6 Å². The lowest BCUT2D eigenvalue weighted by atomic mass is 10.2. The number of nitro benzene ring substituents is 1. The van der Waals surface area contributed by atoms with Crippen molar-refractivity contribution < 1.29 is 19.3 Å². The second-order valence-electron chi connectivity index (χ2n) is 8.52. The zero-order valence-corrected chi connectivity index (χ0v) is 20.4. The highest BCUT2D eigenvalue weighted by atomic mass is 16.6. The molecule has 0 saturated carbocycles. The van der Waals surface area contributed by atoms with Gasteiger partial charge in [-0.15, -0.1) is 0 Å². The van der Waals surface area contributed by atoms with E-state index in [0.717, 1.165) is 0 Å². The van der Waals surface area contributed by atoms with E-state index in [1.54, 1.807) is 19.9 Å². The maximum absolute atomic E-state index is 12.9. The molecule has 0 unspecified atom stereocenters. The molecule has 4 rings (SSSR count). The third-order valence-electron chi connectivity index (χ3n) is 5.99. The van der Waals surface area contributed by atoms with E-state index in [2.05, 4.69) is 30.9 Å². The molecule has 0 atom stereocenters. The Morgan fingerprint density at radius 1 is 1.00 bits per heavy atom. The van der Waals surface area contributed by atoms with Crippen molar-refractivity contribution in [2.24, 2.45) is 5.73 Å². The van der Waals surface area contributed by atoms with Crippen molar-refractivity contribution in [3.05, 3.63) is 75.0 Å². The highest BCUT2D eigenvalue weighted by molar-refractivity contribution is 6.10. The fourth-order valence-electron chi connectivity index (χ4n) is 3.92. The molecule has 0 radical (unpaired) electrons. The fraction of sp³-hybridized carbons (Fsp3) is 0.167. The first-order chi connectivity index (χ1) is 18.1. The van der Waals surface area contributed by atoms with Crippen LogP contribution < -0.4 is 21.7 Å². The lowest BCUT2D eigenvalue weighted by molar-refractivity contribution is -0.383. The standard InChI is InChI=1S/C24H25N9O5/c1-11-17(10-28-20(11)23(35)27-7-6-19(25)26)32-24(36)21-12(2)16(9-29-21)31-22(34)15-8-13-14(30-15)4-3-5-18(13)33(37)38/h3-5,8-10,28-30H,6-7H2,1-2H3,(H3,25,26)(H,27,35)(H,31,34)(H,32,36). The van der Waals surface area contributed by atoms with Crippen molar-refractivity contribution in [1.29, 1.82) is 5.41 Å². The predicted molar refractivity (Wildman–Crippen MR) is 141 cm³/mol. The number of aromatic nitrogens is 3. The Morgan fingerprint density at radius 2 is 1.61 bits per heavy atom. The smallest absolute Gasteiger partial charge is 0.278 e. The van der Waals surface area contributed by atoms with Crippen LogP contribution in [0.25, 0.3) is 10.9 Å². The van der Waals surface area contributed by atoms with Crippen LogP contribution in [-0.4, -0.2) is 50.0 Å². The monoisotopic (exact) mass is 519 g/mol. The van der Waals surface area contributed by atoms with Crippen LogP contribution >= 0.6 is 0 Å². The zero-order chi connectivity index (χ0) is 27.6. The molecule has 0 fully saturated rings. The molecule has 14 heteroatoms. The zero-order valence-electron chi connectivity index (χ0n) is 20.4. The number of carbonyl (C=O) groups is 3. The Hall–Kier alpha value is -5.40. The molecular weight excluding hydrogens is 494 g/mol. The molecule has 38 heavy (non-hydrogen) atoms. The first-order valence-corrected chi connectivity index (χ1v) is 11.4. The largest absolute Gasteiger partial charge is 0.388 e. The predicted octanol–water partition coefficient (Wildman–Crippen LogP) is 2.91. The quantitative estimate of drug-likeness (QED) is 0.0716. The van der Waals surface area contributed by atoms with Gasteiger partial charge in [0.1, 0.15) is 17.1 Å². The second-order valence-corrected chi connectivity index (χ2v) is 8.52. The number of amidine groups is 1. The van der Waals surface area contributed by atoms with Crippen LogP contribution in [0.15, 0.2) is 36.7 Å². The van der Waals surface area contributed by atoms with Gasteiger partial charge in [0.25, 0.3) is 23.4 Å². The highest BCUT2D eigenvalue weighted by Crippen LogP contribution is 2.27. The van der Waals surface area contributed by atoms with E-state index in [4.69, 9.17) is 11.1 Å². The summed E-state index contributed by atoms with van der Waals surface area (Å²) in [6.07, 6.45) is 3.18. The summed E-state index contributed by atoms with van der Waals surface area (Å²) in [4.78, 5) is 57.4. The maximum Gasteiger partial charge on any atom is 0.278 e. The summed E-state index contributed by atoms with van der Waals surface area (Å²) in [5, 5.41) is 26.9. The molecule has 3 heterocycles. The van der Waals surface area contributed by atoms with Gasteiger partial charge in [0.2, 0.25) is 0 Å². The number of nitrogens with two attached hydrogens (primary N) is 1. The molecule has 1 aromatic carbocycles. The van der Waals surface area contributed by atoms with Crippen LogP contribution in [0.4, 0.5) is 17.1 Å². The summed E-state index contributed by atoms with van der Waals surface area (Å²) in [7, 11) is 0. The first kappa shape index (κ1) is 25.7. The second kappa shape index (κ2) is 10.3. The van der Waals surface area contributed by atoms with Gasteiger partial charge in [0.15, 0.2) is 0 Å². The summed E-state index contributed by atoms with van der Waals surface area (Å²) in [5.41, 5.74) is 7.93. The minimum Gasteiger partial charge on any atom is -0.388 e. The van der Waals surface area contributed by atoms with E-state index in [9.17, 15) is 24.5 Å². The normalized spacial score (nSPS) is 10.8. The van der Waals surface area contributed by atoms with Crippen LogP contribution in [0, 0.1) is 29.4 Å². The summed E-state index contributed by atoms with van der Waals surface area (Å²) in [6, 6.07) is 5.92. The summed E-state index contributed by atoms with van der Waals surface area (Å²) in [6.45, 7) is 3.53. The maximum atomic E-state index is 12.9. The van der Waals surface area contributed by atoms with Crippen molar-refractivity contribution in [1.82, 2.24) is 20.3 Å². The Kier molecular flexibility index (Phi) is 6.96. The van der Waals surface area contributed by atoms with Gasteiger partial charge >= 0.3 is 0 Å². The molecule has 3 aromatic heterocycles. The molecule has 0 saturated heterocycles. The highest BCUT2D eigenvalue weighted by Gasteiger charge is 2.21. The number of aromatic amines is 3. The number of rotatable bonds is 9. The number of non-ortho nitro benzene ring substituents is 1. The third-order valence-corrected chi connectivity index (χ3v) is 5.99. The van der Waals surface area contributed by atoms with E-state index in [1.807, 2.05) is 0 Å².